The van der Waals surface area contributed by atoms with Gasteiger partial charge in [0.05, 0.1) is 11.7 Å². The third kappa shape index (κ3) is 7.81. The van der Waals surface area contributed by atoms with E-state index in [4.69, 9.17) is 9.72 Å². The predicted octanol–water partition coefficient (Wildman–Crippen LogP) is 7.59. The van der Waals surface area contributed by atoms with E-state index in [9.17, 15) is 31.5 Å². The van der Waals surface area contributed by atoms with Crippen molar-refractivity contribution in [3.8, 4) is 11.5 Å². The highest BCUT2D eigenvalue weighted by atomic mass is 19.4. The number of halogens is 5. The zero-order valence-electron chi connectivity index (χ0n) is 24.3. The predicted molar refractivity (Wildman–Crippen MR) is 154 cm³/mol. The van der Waals surface area contributed by atoms with Crippen LogP contribution in [0.1, 0.15) is 67.7 Å². The molecule has 0 radical (unpaired) electrons. The third-order valence-electron chi connectivity index (χ3n) is 7.57. The van der Waals surface area contributed by atoms with Gasteiger partial charge in [0.15, 0.2) is 11.6 Å². The number of rotatable bonds is 13. The highest BCUT2D eigenvalue weighted by Gasteiger charge is 2.34. The van der Waals surface area contributed by atoms with E-state index in [0.717, 1.165) is 37.0 Å². The van der Waals surface area contributed by atoms with Crippen LogP contribution in [0.4, 0.5) is 22.0 Å². The third-order valence-corrected chi connectivity index (χ3v) is 7.57. The molecule has 11 heteroatoms. The summed E-state index contributed by atoms with van der Waals surface area (Å²) in [6.07, 6.45) is 1.12. The molecule has 0 saturated heterocycles. The van der Waals surface area contributed by atoms with Gasteiger partial charge in [-0.3, -0.25) is 9.36 Å². The molecule has 6 nitrogen and oxygen atoms in total. The average Bonchev–Trinajstić information content (AvgIpc) is 2.93. The lowest BCUT2D eigenvalue weighted by atomic mass is 9.76. The molecule has 1 aliphatic carbocycles. The van der Waals surface area contributed by atoms with Crippen molar-refractivity contribution in [1.29, 1.82) is 0 Å². The van der Waals surface area contributed by atoms with Crippen molar-refractivity contribution in [2.24, 2.45) is 5.92 Å². The fraction of sp³-hybridized carbons (Fsp3) is 0.364. The van der Waals surface area contributed by atoms with Gasteiger partial charge in [0.1, 0.15) is 17.4 Å². The van der Waals surface area contributed by atoms with Gasteiger partial charge in [0, 0.05) is 23.6 Å². The maximum Gasteiger partial charge on any atom is 0.573 e. The van der Waals surface area contributed by atoms with Crippen LogP contribution in [0, 0.1) is 17.6 Å². The minimum Gasteiger partial charge on any atom is -0.420 e. The number of benzene rings is 2. The summed E-state index contributed by atoms with van der Waals surface area (Å²) in [6, 6.07) is 7.97. The fourth-order valence-corrected chi connectivity index (χ4v) is 5.28. The lowest BCUT2D eigenvalue weighted by Gasteiger charge is -2.36. The smallest absolute Gasteiger partial charge is 0.420 e. The Kier molecular flexibility index (Phi) is 10.4. The SMILES string of the molecule is C=CCc1nc(CCC(=C)C(=O)Oc2ccc(OC(F)(F)F)cc2F)c(CCC)c(=O)n1C(c1ccc(F)cc1)C1CCC1. The number of hydrogen-bond donors (Lipinski definition) is 0. The molecule has 1 aromatic heterocycles. The molecule has 1 heterocycles. The number of aromatic nitrogens is 2. The summed E-state index contributed by atoms with van der Waals surface area (Å²) in [5.74, 6) is -3.27. The van der Waals surface area contributed by atoms with Gasteiger partial charge in [-0.15, -0.1) is 19.8 Å². The van der Waals surface area contributed by atoms with E-state index in [1.54, 1.807) is 22.8 Å². The highest BCUT2D eigenvalue weighted by Crippen LogP contribution is 2.40. The maximum absolute atomic E-state index is 14.3. The molecule has 1 aliphatic rings. The number of hydrogen-bond acceptors (Lipinski definition) is 5. The van der Waals surface area contributed by atoms with Crippen molar-refractivity contribution >= 4 is 5.97 Å². The molecule has 3 aromatic rings. The van der Waals surface area contributed by atoms with Crippen molar-refractivity contribution in [2.45, 2.75) is 70.7 Å². The first-order valence-electron chi connectivity index (χ1n) is 14.4. The highest BCUT2D eigenvalue weighted by molar-refractivity contribution is 5.89. The second-order valence-electron chi connectivity index (χ2n) is 10.7. The van der Waals surface area contributed by atoms with Crippen LogP contribution in [0.3, 0.4) is 0 Å². The normalized spacial score (nSPS) is 14.0. The first-order chi connectivity index (χ1) is 20.9. The minimum atomic E-state index is -5.01. The first kappa shape index (κ1) is 32.6. The number of alkyl halides is 3. The van der Waals surface area contributed by atoms with Crippen LogP contribution in [0.2, 0.25) is 0 Å². The van der Waals surface area contributed by atoms with Gasteiger partial charge in [-0.1, -0.05) is 44.6 Å². The van der Waals surface area contributed by atoms with Gasteiger partial charge >= 0.3 is 12.3 Å². The van der Waals surface area contributed by atoms with E-state index in [1.807, 2.05) is 6.92 Å². The Morgan fingerprint density at radius 3 is 2.41 bits per heavy atom. The second-order valence-corrected chi connectivity index (χ2v) is 10.7. The first-order valence-corrected chi connectivity index (χ1v) is 14.4. The Hall–Kier alpha value is -4.28. The number of allylic oxidation sites excluding steroid dienone is 1. The molecule has 234 valence electrons. The van der Waals surface area contributed by atoms with Crippen molar-refractivity contribution < 1.29 is 36.2 Å². The van der Waals surface area contributed by atoms with Crippen LogP contribution < -0.4 is 15.0 Å². The zero-order valence-corrected chi connectivity index (χ0v) is 24.3. The number of esters is 1. The summed E-state index contributed by atoms with van der Waals surface area (Å²) >= 11 is 0. The van der Waals surface area contributed by atoms with Crippen LogP contribution >= 0.6 is 0 Å². The van der Waals surface area contributed by atoms with E-state index >= 15 is 0 Å². The summed E-state index contributed by atoms with van der Waals surface area (Å²) < 4.78 is 75.7. The molecular weight excluding hydrogens is 583 g/mol. The molecule has 1 saturated carbocycles. The standard InChI is InChI=1S/C33H33F5N2O4/c1-4-7-25-27(17-11-20(3)32(42)43-28-18-16-24(19-26(28)35)44-33(36,37)38)39-29(8-5-2)40(31(25)41)30(21-9-6-10-21)22-12-14-23(34)15-13-22/h5,12-16,18-19,21,30H,2-4,6-11,17H2,1H3. The number of carbonyl (C=O) groups excluding carboxylic acids is 1. The number of carbonyl (C=O) groups is 1. The Labute approximate surface area is 251 Å². The maximum atomic E-state index is 14.3. The molecule has 4 rings (SSSR count). The van der Waals surface area contributed by atoms with Crippen molar-refractivity contribution in [1.82, 2.24) is 9.55 Å². The largest absolute Gasteiger partial charge is 0.573 e. The van der Waals surface area contributed by atoms with Gasteiger partial charge in [-0.05, 0) is 67.9 Å². The topological polar surface area (TPSA) is 70.4 Å². The molecule has 0 spiro atoms. The lowest BCUT2D eigenvalue weighted by molar-refractivity contribution is -0.274. The van der Waals surface area contributed by atoms with Crippen LogP contribution in [0.5, 0.6) is 11.5 Å². The molecule has 0 amide bonds. The van der Waals surface area contributed by atoms with Gasteiger partial charge in [0.2, 0.25) is 0 Å². The average molecular weight is 617 g/mol. The summed E-state index contributed by atoms with van der Waals surface area (Å²) in [5, 5.41) is 0. The minimum absolute atomic E-state index is 0.0282. The Bertz CT molecular complexity index is 1580. The van der Waals surface area contributed by atoms with Crippen molar-refractivity contribution in [3.63, 3.8) is 0 Å². The number of aryl methyl sites for hydroxylation is 1. The molecule has 0 aliphatic heterocycles. The molecule has 2 aromatic carbocycles. The quantitative estimate of drug-likeness (QED) is 0.0651. The van der Waals surface area contributed by atoms with Gasteiger partial charge in [-0.2, -0.15) is 0 Å². The summed E-state index contributed by atoms with van der Waals surface area (Å²) in [4.78, 5) is 31.7. The van der Waals surface area contributed by atoms with Crippen LogP contribution in [0.15, 0.2) is 72.1 Å². The van der Waals surface area contributed by atoms with Gasteiger partial charge in [0.25, 0.3) is 5.56 Å². The summed E-state index contributed by atoms with van der Waals surface area (Å²) in [7, 11) is 0. The van der Waals surface area contributed by atoms with Crippen LogP contribution in [-0.2, 0) is 24.1 Å². The van der Waals surface area contributed by atoms with Crippen molar-refractivity contribution in [2.75, 3.05) is 0 Å². The van der Waals surface area contributed by atoms with Gasteiger partial charge < -0.3 is 9.47 Å². The van der Waals surface area contributed by atoms with Crippen LogP contribution in [-0.4, -0.2) is 21.9 Å². The lowest BCUT2D eigenvalue weighted by Crippen LogP contribution is -2.38. The Morgan fingerprint density at radius 2 is 1.84 bits per heavy atom. The molecule has 1 unspecified atom stereocenters. The molecule has 1 atom stereocenters. The van der Waals surface area contributed by atoms with E-state index in [2.05, 4.69) is 17.9 Å². The molecule has 0 N–H and O–H groups in total. The number of nitrogens with zero attached hydrogens (tertiary/aromatic N) is 2. The van der Waals surface area contributed by atoms with Crippen molar-refractivity contribution in [3.05, 3.63) is 112 Å². The van der Waals surface area contributed by atoms with E-state index in [1.165, 1.54) is 12.1 Å². The van der Waals surface area contributed by atoms with E-state index < -0.39 is 29.6 Å². The van der Waals surface area contributed by atoms with Crippen LogP contribution in [0.25, 0.3) is 0 Å². The number of ether oxygens (including phenoxy) is 2. The molecule has 1 fully saturated rings. The van der Waals surface area contributed by atoms with E-state index in [-0.39, 0.29) is 41.8 Å². The summed E-state index contributed by atoms with van der Waals surface area (Å²) in [5.41, 5.74) is 1.56. The second kappa shape index (κ2) is 14.0. The monoisotopic (exact) mass is 616 g/mol. The molecule has 44 heavy (non-hydrogen) atoms. The Balaban J connectivity index is 1.59. The zero-order chi connectivity index (χ0) is 32.0. The molecular formula is C33H33F5N2O4. The van der Waals surface area contributed by atoms with Gasteiger partial charge in [-0.25, -0.2) is 18.6 Å². The van der Waals surface area contributed by atoms with E-state index in [0.29, 0.717) is 42.4 Å². The molecule has 0 bridgehead atoms. The Morgan fingerprint density at radius 1 is 1.14 bits per heavy atom. The summed E-state index contributed by atoms with van der Waals surface area (Å²) in [6.45, 7) is 9.49. The fourth-order valence-electron chi connectivity index (χ4n) is 5.28.